The highest BCUT2D eigenvalue weighted by Crippen LogP contribution is 2.28. The van der Waals surface area contributed by atoms with Crippen molar-refractivity contribution >= 4 is 27.3 Å². The fourth-order valence-electron chi connectivity index (χ4n) is 1.69. The fourth-order valence-corrected chi connectivity index (χ4v) is 3.21. The zero-order valence-electron chi connectivity index (χ0n) is 9.28. The lowest BCUT2D eigenvalue weighted by Gasteiger charge is -2.12. The summed E-state index contributed by atoms with van der Waals surface area (Å²) in [4.78, 5) is 1.03. The van der Waals surface area contributed by atoms with E-state index in [1.54, 1.807) is 36.5 Å². The lowest BCUT2D eigenvalue weighted by atomic mass is 10.0. The fraction of sp³-hybridized carbons (Fsp3) is 0.231. The molecule has 0 saturated carbocycles. The average molecular weight is 315 g/mol. The first-order valence-corrected chi connectivity index (χ1v) is 6.86. The summed E-state index contributed by atoms with van der Waals surface area (Å²) in [5.41, 5.74) is 0.934. The predicted molar refractivity (Wildman–Crippen MR) is 71.8 cm³/mol. The van der Waals surface area contributed by atoms with Gasteiger partial charge in [0.05, 0.1) is 9.89 Å². The van der Waals surface area contributed by atoms with E-state index in [2.05, 4.69) is 15.9 Å². The van der Waals surface area contributed by atoms with Crippen LogP contribution in [0.15, 0.2) is 34.1 Å². The van der Waals surface area contributed by atoms with Gasteiger partial charge in [0.15, 0.2) is 0 Å². The Morgan fingerprint density at radius 2 is 2.12 bits per heavy atom. The van der Waals surface area contributed by atoms with Crippen molar-refractivity contribution in [3.8, 4) is 0 Å². The molecular formula is C13H12BrFOS. The maximum absolute atomic E-state index is 13.8. The molecule has 1 N–H and O–H groups in total. The van der Waals surface area contributed by atoms with Gasteiger partial charge >= 0.3 is 0 Å². The molecule has 1 atom stereocenters. The molecule has 2 rings (SSSR count). The summed E-state index contributed by atoms with van der Waals surface area (Å²) in [5.74, 6) is -0.310. The van der Waals surface area contributed by atoms with Crippen LogP contribution in [0.2, 0.25) is 0 Å². The Morgan fingerprint density at radius 1 is 1.35 bits per heavy atom. The highest BCUT2D eigenvalue weighted by molar-refractivity contribution is 9.11. The number of aliphatic hydroxyl groups excluding tert-OH is 1. The molecule has 0 amide bonds. The number of halogens is 2. The average Bonchev–Trinajstić information content (AvgIpc) is 2.68. The number of hydrogen-bond acceptors (Lipinski definition) is 2. The van der Waals surface area contributed by atoms with Crippen molar-refractivity contribution in [1.82, 2.24) is 0 Å². The number of aryl methyl sites for hydroxylation is 1. The first kappa shape index (κ1) is 12.7. The molecule has 0 fully saturated rings. The van der Waals surface area contributed by atoms with Gasteiger partial charge in [-0.1, -0.05) is 18.2 Å². The van der Waals surface area contributed by atoms with E-state index in [9.17, 15) is 9.50 Å². The third-order valence-electron chi connectivity index (χ3n) is 2.60. The summed E-state index contributed by atoms with van der Waals surface area (Å²) in [7, 11) is 0. The monoisotopic (exact) mass is 314 g/mol. The highest BCUT2D eigenvalue weighted by atomic mass is 79.9. The van der Waals surface area contributed by atoms with Crippen LogP contribution in [0.4, 0.5) is 4.39 Å². The Hall–Kier alpha value is -0.710. The molecule has 2 aromatic rings. The summed E-state index contributed by atoms with van der Waals surface area (Å²) in [6, 6.07) is 8.97. The second kappa shape index (κ2) is 5.29. The molecule has 90 valence electrons. The van der Waals surface area contributed by atoms with E-state index >= 15 is 0 Å². The van der Waals surface area contributed by atoms with E-state index in [1.807, 2.05) is 12.1 Å². The molecular weight excluding hydrogens is 303 g/mol. The Labute approximate surface area is 112 Å². The SMILES string of the molecule is Cc1cccc(C(O)Cc2ccc(Br)s2)c1F. The van der Waals surface area contributed by atoms with E-state index in [4.69, 9.17) is 0 Å². The molecule has 0 aliphatic carbocycles. The topological polar surface area (TPSA) is 20.2 Å². The normalized spacial score (nSPS) is 12.7. The molecule has 1 aromatic carbocycles. The summed E-state index contributed by atoms with van der Waals surface area (Å²) in [6.45, 7) is 1.70. The van der Waals surface area contributed by atoms with E-state index in [0.717, 1.165) is 8.66 Å². The van der Waals surface area contributed by atoms with Crippen molar-refractivity contribution in [2.24, 2.45) is 0 Å². The van der Waals surface area contributed by atoms with Gasteiger partial charge in [-0.15, -0.1) is 11.3 Å². The van der Waals surface area contributed by atoms with Crippen LogP contribution in [0.5, 0.6) is 0 Å². The van der Waals surface area contributed by atoms with Crippen LogP contribution >= 0.6 is 27.3 Å². The van der Waals surface area contributed by atoms with Gasteiger partial charge in [-0.2, -0.15) is 0 Å². The number of hydrogen-bond donors (Lipinski definition) is 1. The van der Waals surface area contributed by atoms with Crippen molar-refractivity contribution in [1.29, 1.82) is 0 Å². The molecule has 17 heavy (non-hydrogen) atoms. The Balaban J connectivity index is 2.20. The summed E-state index contributed by atoms with van der Waals surface area (Å²) in [6.07, 6.45) is -0.350. The highest BCUT2D eigenvalue weighted by Gasteiger charge is 2.15. The van der Waals surface area contributed by atoms with Crippen LogP contribution in [0.25, 0.3) is 0 Å². The number of rotatable bonds is 3. The maximum Gasteiger partial charge on any atom is 0.131 e. The third-order valence-corrected chi connectivity index (χ3v) is 4.25. The van der Waals surface area contributed by atoms with Crippen LogP contribution in [-0.2, 0) is 6.42 Å². The zero-order valence-corrected chi connectivity index (χ0v) is 11.7. The van der Waals surface area contributed by atoms with Crippen molar-refractivity contribution in [3.05, 3.63) is 55.9 Å². The molecule has 1 heterocycles. The summed E-state index contributed by atoms with van der Waals surface area (Å²) >= 11 is 4.92. The number of benzene rings is 1. The molecule has 1 aromatic heterocycles. The first-order valence-electron chi connectivity index (χ1n) is 5.25. The largest absolute Gasteiger partial charge is 0.388 e. The van der Waals surface area contributed by atoms with E-state index in [-0.39, 0.29) is 5.82 Å². The standard InChI is InChI=1S/C13H12BrFOS/c1-8-3-2-4-10(13(8)15)11(16)7-9-5-6-12(14)17-9/h2-6,11,16H,7H2,1H3. The van der Waals surface area contributed by atoms with Gasteiger partial charge in [0.25, 0.3) is 0 Å². The van der Waals surface area contributed by atoms with Gasteiger partial charge in [0.2, 0.25) is 0 Å². The summed E-state index contributed by atoms with van der Waals surface area (Å²) in [5, 5.41) is 10.0. The quantitative estimate of drug-likeness (QED) is 0.898. The van der Waals surface area contributed by atoms with Gasteiger partial charge in [-0.3, -0.25) is 0 Å². The molecule has 0 saturated heterocycles. The lowest BCUT2D eigenvalue weighted by Crippen LogP contribution is -2.04. The smallest absolute Gasteiger partial charge is 0.131 e. The predicted octanol–water partition coefficient (Wildman–Crippen LogP) is 4.23. The van der Waals surface area contributed by atoms with E-state index in [1.165, 1.54) is 0 Å². The first-order chi connectivity index (χ1) is 8.08. The second-order valence-corrected chi connectivity index (χ2v) is 6.45. The van der Waals surface area contributed by atoms with Gasteiger partial charge in [0, 0.05) is 16.9 Å². The molecule has 0 spiro atoms. The van der Waals surface area contributed by atoms with Gasteiger partial charge in [0.1, 0.15) is 5.82 Å². The Kier molecular flexibility index (Phi) is 3.97. The summed E-state index contributed by atoms with van der Waals surface area (Å²) < 4.78 is 14.8. The van der Waals surface area contributed by atoms with Gasteiger partial charge < -0.3 is 5.11 Å². The van der Waals surface area contributed by atoms with Crippen LogP contribution in [-0.4, -0.2) is 5.11 Å². The third kappa shape index (κ3) is 2.94. The van der Waals surface area contributed by atoms with Crippen LogP contribution in [0.1, 0.15) is 22.1 Å². The van der Waals surface area contributed by atoms with Crippen molar-refractivity contribution in [3.63, 3.8) is 0 Å². The van der Waals surface area contributed by atoms with Gasteiger partial charge in [-0.05, 0) is 40.5 Å². The van der Waals surface area contributed by atoms with Crippen LogP contribution < -0.4 is 0 Å². The van der Waals surface area contributed by atoms with Crippen LogP contribution in [0, 0.1) is 12.7 Å². The molecule has 0 aliphatic rings. The molecule has 1 unspecified atom stereocenters. The molecule has 0 radical (unpaired) electrons. The minimum atomic E-state index is -0.791. The number of aliphatic hydroxyl groups is 1. The van der Waals surface area contributed by atoms with E-state index < -0.39 is 6.10 Å². The Morgan fingerprint density at radius 3 is 2.76 bits per heavy atom. The van der Waals surface area contributed by atoms with Gasteiger partial charge in [-0.25, -0.2) is 4.39 Å². The lowest BCUT2D eigenvalue weighted by molar-refractivity contribution is 0.174. The van der Waals surface area contributed by atoms with Crippen molar-refractivity contribution in [2.75, 3.05) is 0 Å². The van der Waals surface area contributed by atoms with Crippen LogP contribution in [0.3, 0.4) is 0 Å². The molecule has 4 heteroatoms. The Bertz CT molecular complexity index is 524. The minimum Gasteiger partial charge on any atom is -0.388 e. The molecule has 1 nitrogen and oxygen atoms in total. The zero-order chi connectivity index (χ0) is 12.4. The second-order valence-electron chi connectivity index (χ2n) is 3.90. The van der Waals surface area contributed by atoms with Crippen molar-refractivity contribution < 1.29 is 9.50 Å². The molecule has 0 bridgehead atoms. The number of thiophene rings is 1. The van der Waals surface area contributed by atoms with E-state index in [0.29, 0.717) is 17.5 Å². The minimum absolute atomic E-state index is 0.310. The molecule has 0 aliphatic heterocycles. The maximum atomic E-state index is 13.8. The van der Waals surface area contributed by atoms with Crippen molar-refractivity contribution in [2.45, 2.75) is 19.4 Å².